The van der Waals surface area contributed by atoms with E-state index in [2.05, 4.69) is 19.2 Å². The maximum absolute atomic E-state index is 13.1. The highest BCUT2D eigenvalue weighted by Crippen LogP contribution is 2.33. The van der Waals surface area contributed by atoms with Crippen LogP contribution in [-0.4, -0.2) is 53.3 Å². The minimum absolute atomic E-state index is 0.0420. The summed E-state index contributed by atoms with van der Waals surface area (Å²) in [6, 6.07) is 8.15. The Labute approximate surface area is 189 Å². The van der Waals surface area contributed by atoms with Gasteiger partial charge in [-0.3, -0.25) is 9.78 Å². The smallest absolute Gasteiger partial charge is 0.404 e. The molecule has 7 nitrogen and oxygen atoms in total. The number of morpholine rings is 1. The van der Waals surface area contributed by atoms with Gasteiger partial charge in [0.25, 0.3) is 0 Å². The fourth-order valence-corrected chi connectivity index (χ4v) is 4.12. The third-order valence-electron chi connectivity index (χ3n) is 5.74. The van der Waals surface area contributed by atoms with E-state index in [4.69, 9.17) is 9.72 Å². The van der Waals surface area contributed by atoms with Crippen molar-refractivity contribution in [2.75, 3.05) is 26.3 Å². The van der Waals surface area contributed by atoms with Crippen LogP contribution in [-0.2, 0) is 28.9 Å². The first-order chi connectivity index (χ1) is 15.3. The van der Waals surface area contributed by atoms with Crippen LogP contribution >= 0.6 is 0 Å². The molecule has 2 heterocycles. The SMILES string of the molecule is Cc1ccc(-c2c(CC(=O)N3CCOCC3)c(C)nc(CC(C)C)c2CNC(=O)O)cc1. The molecule has 7 heteroatoms. The Morgan fingerprint density at radius 3 is 2.38 bits per heavy atom. The summed E-state index contributed by atoms with van der Waals surface area (Å²) < 4.78 is 5.38. The second-order valence-electron chi connectivity index (χ2n) is 8.77. The topological polar surface area (TPSA) is 91.8 Å². The summed E-state index contributed by atoms with van der Waals surface area (Å²) in [5.74, 6) is 0.400. The number of hydrogen-bond donors (Lipinski definition) is 2. The number of carboxylic acid groups (broad SMARTS) is 1. The number of nitrogens with zero attached hydrogens (tertiary/aromatic N) is 2. The van der Waals surface area contributed by atoms with Gasteiger partial charge in [-0.2, -0.15) is 0 Å². The van der Waals surface area contributed by atoms with E-state index >= 15 is 0 Å². The van der Waals surface area contributed by atoms with Gasteiger partial charge in [-0.15, -0.1) is 0 Å². The lowest BCUT2D eigenvalue weighted by Gasteiger charge is -2.28. The van der Waals surface area contributed by atoms with Crippen LogP contribution in [0.1, 0.15) is 41.9 Å². The lowest BCUT2D eigenvalue weighted by molar-refractivity contribution is -0.134. The third-order valence-corrected chi connectivity index (χ3v) is 5.74. The minimum Gasteiger partial charge on any atom is -0.465 e. The van der Waals surface area contributed by atoms with Crippen LogP contribution in [0.4, 0.5) is 4.79 Å². The molecule has 1 aliphatic rings. The summed E-state index contributed by atoms with van der Waals surface area (Å²) in [5, 5.41) is 11.8. The Hall–Kier alpha value is -2.93. The van der Waals surface area contributed by atoms with Crippen molar-refractivity contribution in [2.45, 2.75) is 47.1 Å². The predicted octanol–water partition coefficient (Wildman–Crippen LogP) is 3.73. The van der Waals surface area contributed by atoms with E-state index in [1.54, 1.807) is 0 Å². The lowest BCUT2D eigenvalue weighted by atomic mass is 9.88. The summed E-state index contributed by atoms with van der Waals surface area (Å²) in [6.07, 6.45) is -0.125. The Kier molecular flexibility index (Phi) is 7.85. The van der Waals surface area contributed by atoms with Crippen molar-refractivity contribution in [2.24, 2.45) is 5.92 Å². The number of amides is 2. The van der Waals surface area contributed by atoms with Crippen LogP contribution in [0.25, 0.3) is 11.1 Å². The third kappa shape index (κ3) is 5.85. The second-order valence-corrected chi connectivity index (χ2v) is 8.77. The number of aryl methyl sites for hydroxylation is 2. The highest BCUT2D eigenvalue weighted by atomic mass is 16.5. The molecule has 3 rings (SSSR count). The zero-order valence-corrected chi connectivity index (χ0v) is 19.4. The van der Waals surface area contributed by atoms with Crippen molar-refractivity contribution in [3.63, 3.8) is 0 Å². The molecule has 2 N–H and O–H groups in total. The summed E-state index contributed by atoms with van der Waals surface area (Å²) in [5.41, 5.74) is 6.43. The number of hydrogen-bond acceptors (Lipinski definition) is 4. The molecule has 1 saturated heterocycles. The van der Waals surface area contributed by atoms with E-state index in [0.29, 0.717) is 32.2 Å². The molecule has 0 atom stereocenters. The van der Waals surface area contributed by atoms with Crippen LogP contribution < -0.4 is 5.32 Å². The molecule has 0 bridgehead atoms. The largest absolute Gasteiger partial charge is 0.465 e. The van der Waals surface area contributed by atoms with E-state index in [-0.39, 0.29) is 18.9 Å². The van der Waals surface area contributed by atoms with E-state index in [1.165, 1.54) is 0 Å². The van der Waals surface area contributed by atoms with E-state index in [0.717, 1.165) is 45.6 Å². The van der Waals surface area contributed by atoms with Gasteiger partial charge in [-0.1, -0.05) is 43.7 Å². The van der Waals surface area contributed by atoms with Crippen LogP contribution in [0.15, 0.2) is 24.3 Å². The molecule has 172 valence electrons. The standard InChI is InChI=1S/C25H33N3O4/c1-16(2)13-22-21(15-26-25(30)31)24(19-7-5-17(3)6-8-19)20(18(4)27-22)14-23(29)28-9-11-32-12-10-28/h5-8,16,26H,9-15H2,1-4H3,(H,30,31). The normalized spacial score (nSPS) is 14.0. The summed E-state index contributed by atoms with van der Waals surface area (Å²) >= 11 is 0. The summed E-state index contributed by atoms with van der Waals surface area (Å²) in [7, 11) is 0. The molecular formula is C25H33N3O4. The molecule has 0 spiro atoms. The van der Waals surface area contributed by atoms with Gasteiger partial charge >= 0.3 is 6.09 Å². The molecular weight excluding hydrogens is 406 g/mol. The monoisotopic (exact) mass is 439 g/mol. The van der Waals surface area contributed by atoms with E-state index in [9.17, 15) is 14.7 Å². The van der Waals surface area contributed by atoms with Crippen LogP contribution in [0.2, 0.25) is 0 Å². The second kappa shape index (κ2) is 10.6. The van der Waals surface area contributed by atoms with Gasteiger partial charge in [-0.25, -0.2) is 4.79 Å². The van der Waals surface area contributed by atoms with Crippen molar-refractivity contribution < 1.29 is 19.4 Å². The molecule has 32 heavy (non-hydrogen) atoms. The maximum atomic E-state index is 13.1. The highest BCUT2D eigenvalue weighted by molar-refractivity contribution is 5.84. The highest BCUT2D eigenvalue weighted by Gasteiger charge is 2.24. The zero-order chi connectivity index (χ0) is 23.3. The van der Waals surface area contributed by atoms with Crippen LogP contribution in [0, 0.1) is 19.8 Å². The van der Waals surface area contributed by atoms with E-state index in [1.807, 2.05) is 43.0 Å². The van der Waals surface area contributed by atoms with Gasteiger partial charge in [-0.05, 0) is 42.9 Å². The quantitative estimate of drug-likeness (QED) is 0.686. The van der Waals surface area contributed by atoms with Crippen LogP contribution in [0.3, 0.4) is 0 Å². The average molecular weight is 440 g/mol. The molecule has 1 aromatic heterocycles. The predicted molar refractivity (Wildman–Crippen MR) is 124 cm³/mol. The zero-order valence-electron chi connectivity index (χ0n) is 19.4. The fourth-order valence-electron chi connectivity index (χ4n) is 4.12. The molecule has 2 amide bonds. The molecule has 2 aromatic rings. The Bertz CT molecular complexity index is 964. The first kappa shape index (κ1) is 23.7. The molecule has 1 aromatic carbocycles. The maximum Gasteiger partial charge on any atom is 0.404 e. The number of ether oxygens (including phenoxy) is 1. The van der Waals surface area contributed by atoms with Crippen molar-refractivity contribution in [3.05, 3.63) is 52.3 Å². The number of carbonyl (C=O) groups excluding carboxylic acids is 1. The molecule has 1 aliphatic heterocycles. The van der Waals surface area contributed by atoms with Gasteiger partial charge in [0.05, 0.1) is 19.6 Å². The van der Waals surface area contributed by atoms with Gasteiger partial charge in [0.2, 0.25) is 5.91 Å². The number of benzene rings is 1. The first-order valence-corrected chi connectivity index (χ1v) is 11.2. The van der Waals surface area contributed by atoms with Crippen molar-refractivity contribution in [1.29, 1.82) is 0 Å². The van der Waals surface area contributed by atoms with E-state index < -0.39 is 6.09 Å². The number of carbonyl (C=O) groups is 2. The number of rotatable bonds is 7. The molecule has 0 aliphatic carbocycles. The van der Waals surface area contributed by atoms with Crippen LogP contribution in [0.5, 0.6) is 0 Å². The van der Waals surface area contributed by atoms with Crippen molar-refractivity contribution in [3.8, 4) is 11.1 Å². The van der Waals surface area contributed by atoms with Gasteiger partial charge in [0, 0.05) is 36.6 Å². The summed E-state index contributed by atoms with van der Waals surface area (Å²) in [4.78, 5) is 31.2. The Balaban J connectivity index is 2.14. The first-order valence-electron chi connectivity index (χ1n) is 11.2. The number of nitrogens with one attached hydrogen (secondary N) is 1. The molecule has 1 fully saturated rings. The fraction of sp³-hybridized carbons (Fsp3) is 0.480. The number of aromatic nitrogens is 1. The number of pyridine rings is 1. The van der Waals surface area contributed by atoms with Gasteiger partial charge in [0.15, 0.2) is 0 Å². The van der Waals surface area contributed by atoms with Gasteiger partial charge < -0.3 is 20.1 Å². The molecule has 0 unspecified atom stereocenters. The Morgan fingerprint density at radius 2 is 1.78 bits per heavy atom. The summed E-state index contributed by atoms with van der Waals surface area (Å²) in [6.45, 7) is 10.6. The minimum atomic E-state index is -1.08. The molecule has 0 saturated carbocycles. The van der Waals surface area contributed by atoms with Gasteiger partial charge in [0.1, 0.15) is 0 Å². The van der Waals surface area contributed by atoms with Crippen molar-refractivity contribution >= 4 is 12.0 Å². The molecule has 0 radical (unpaired) electrons. The lowest BCUT2D eigenvalue weighted by Crippen LogP contribution is -2.41. The van der Waals surface area contributed by atoms with Crippen molar-refractivity contribution in [1.82, 2.24) is 15.2 Å². The Morgan fingerprint density at radius 1 is 1.12 bits per heavy atom. The average Bonchev–Trinajstić information content (AvgIpc) is 2.75.